The average molecular weight is 327 g/mol. The minimum Gasteiger partial charge on any atom is -0.494 e. The standard InChI is InChI=1S/C19H21NO4/c1-14-10-11-15(19(22)23-2)13-17(14)20-18(21)9-6-12-24-16-7-4-3-5-8-16/h3-5,7-8,10-11,13H,6,9,12H2,1-2H3,(H,20,21). The molecule has 0 aliphatic carbocycles. The Morgan fingerprint density at radius 2 is 1.83 bits per heavy atom. The Balaban J connectivity index is 1.82. The molecule has 5 nitrogen and oxygen atoms in total. The van der Waals surface area contributed by atoms with Crippen molar-refractivity contribution in [1.82, 2.24) is 0 Å². The number of ether oxygens (including phenoxy) is 2. The first kappa shape index (κ1) is 17.5. The zero-order valence-corrected chi connectivity index (χ0v) is 13.9. The van der Waals surface area contributed by atoms with Gasteiger partial charge in [0.05, 0.1) is 19.3 Å². The smallest absolute Gasteiger partial charge is 0.337 e. The fraction of sp³-hybridized carbons (Fsp3) is 0.263. The predicted octanol–water partition coefficient (Wildman–Crippen LogP) is 3.58. The molecule has 1 N–H and O–H groups in total. The summed E-state index contributed by atoms with van der Waals surface area (Å²) in [5.74, 6) is 0.248. The molecule has 0 spiro atoms. The summed E-state index contributed by atoms with van der Waals surface area (Å²) in [7, 11) is 1.33. The van der Waals surface area contributed by atoms with Crippen molar-refractivity contribution >= 4 is 17.6 Å². The monoisotopic (exact) mass is 327 g/mol. The van der Waals surface area contributed by atoms with Crippen LogP contribution in [-0.2, 0) is 9.53 Å². The fourth-order valence-corrected chi connectivity index (χ4v) is 2.15. The molecule has 0 atom stereocenters. The van der Waals surface area contributed by atoms with Gasteiger partial charge in [0.1, 0.15) is 5.75 Å². The molecule has 0 radical (unpaired) electrons. The fourth-order valence-electron chi connectivity index (χ4n) is 2.15. The third-order valence-corrected chi connectivity index (χ3v) is 3.49. The van der Waals surface area contributed by atoms with E-state index in [4.69, 9.17) is 4.74 Å². The van der Waals surface area contributed by atoms with Gasteiger partial charge in [-0.3, -0.25) is 4.79 Å². The SMILES string of the molecule is COC(=O)c1ccc(C)c(NC(=O)CCCOc2ccccc2)c1. The van der Waals surface area contributed by atoms with Crippen molar-refractivity contribution in [2.24, 2.45) is 0 Å². The number of hydrogen-bond donors (Lipinski definition) is 1. The summed E-state index contributed by atoms with van der Waals surface area (Å²) < 4.78 is 10.2. The summed E-state index contributed by atoms with van der Waals surface area (Å²) in [5.41, 5.74) is 1.91. The van der Waals surface area contributed by atoms with Crippen LogP contribution in [0.25, 0.3) is 0 Å². The van der Waals surface area contributed by atoms with Crippen molar-refractivity contribution in [3.05, 3.63) is 59.7 Å². The van der Waals surface area contributed by atoms with Crippen LogP contribution in [0.5, 0.6) is 5.75 Å². The van der Waals surface area contributed by atoms with E-state index in [1.165, 1.54) is 7.11 Å². The maximum Gasteiger partial charge on any atom is 0.337 e. The lowest BCUT2D eigenvalue weighted by Crippen LogP contribution is -2.14. The van der Waals surface area contributed by atoms with Crippen LogP contribution in [0.15, 0.2) is 48.5 Å². The van der Waals surface area contributed by atoms with Gasteiger partial charge in [0.2, 0.25) is 5.91 Å². The van der Waals surface area contributed by atoms with Gasteiger partial charge in [-0.25, -0.2) is 4.79 Å². The van der Waals surface area contributed by atoms with Crippen LogP contribution in [0.3, 0.4) is 0 Å². The molecule has 0 aromatic heterocycles. The van der Waals surface area contributed by atoms with Crippen LogP contribution in [0, 0.1) is 6.92 Å². The summed E-state index contributed by atoms with van der Waals surface area (Å²) >= 11 is 0. The van der Waals surface area contributed by atoms with Gasteiger partial charge < -0.3 is 14.8 Å². The molecule has 2 aromatic rings. The number of nitrogens with one attached hydrogen (secondary N) is 1. The van der Waals surface area contributed by atoms with Crippen LogP contribution in [-0.4, -0.2) is 25.6 Å². The van der Waals surface area contributed by atoms with E-state index in [2.05, 4.69) is 10.1 Å². The number of esters is 1. The molecule has 0 bridgehead atoms. The third-order valence-electron chi connectivity index (χ3n) is 3.49. The summed E-state index contributed by atoms with van der Waals surface area (Å²) in [4.78, 5) is 23.6. The summed E-state index contributed by atoms with van der Waals surface area (Å²) in [6.07, 6.45) is 0.950. The largest absolute Gasteiger partial charge is 0.494 e. The minimum absolute atomic E-state index is 0.114. The number of anilines is 1. The Bertz CT molecular complexity index is 698. The average Bonchev–Trinajstić information content (AvgIpc) is 2.61. The normalized spacial score (nSPS) is 10.1. The van der Waals surface area contributed by atoms with Gasteiger partial charge in [-0.15, -0.1) is 0 Å². The van der Waals surface area contributed by atoms with Gasteiger partial charge in [-0.05, 0) is 43.2 Å². The van der Waals surface area contributed by atoms with Crippen LogP contribution in [0.4, 0.5) is 5.69 Å². The number of amides is 1. The number of benzene rings is 2. The molecule has 0 saturated heterocycles. The van der Waals surface area contributed by atoms with E-state index >= 15 is 0 Å². The summed E-state index contributed by atoms with van der Waals surface area (Å²) in [6, 6.07) is 14.6. The highest BCUT2D eigenvalue weighted by Crippen LogP contribution is 2.18. The third kappa shape index (κ3) is 5.12. The van der Waals surface area contributed by atoms with Gasteiger partial charge >= 0.3 is 5.97 Å². The van der Waals surface area contributed by atoms with Crippen LogP contribution >= 0.6 is 0 Å². The zero-order valence-electron chi connectivity index (χ0n) is 13.9. The number of aryl methyl sites for hydroxylation is 1. The lowest BCUT2D eigenvalue weighted by molar-refractivity contribution is -0.116. The van der Waals surface area contributed by atoms with Gasteiger partial charge in [0, 0.05) is 12.1 Å². The van der Waals surface area contributed by atoms with Crippen molar-refractivity contribution in [1.29, 1.82) is 0 Å². The number of para-hydroxylation sites is 1. The van der Waals surface area contributed by atoms with E-state index in [0.717, 1.165) is 11.3 Å². The van der Waals surface area contributed by atoms with Crippen molar-refractivity contribution in [3.63, 3.8) is 0 Å². The highest BCUT2D eigenvalue weighted by Gasteiger charge is 2.10. The van der Waals surface area contributed by atoms with E-state index in [1.54, 1.807) is 18.2 Å². The van der Waals surface area contributed by atoms with Gasteiger partial charge in [-0.2, -0.15) is 0 Å². The molecule has 0 saturated carbocycles. The zero-order chi connectivity index (χ0) is 17.4. The highest BCUT2D eigenvalue weighted by atomic mass is 16.5. The molecular formula is C19H21NO4. The second kappa shape index (κ2) is 8.72. The Morgan fingerprint density at radius 1 is 1.08 bits per heavy atom. The Labute approximate surface area is 141 Å². The first-order chi connectivity index (χ1) is 11.6. The van der Waals surface area contributed by atoms with Crippen LogP contribution in [0.1, 0.15) is 28.8 Å². The lowest BCUT2D eigenvalue weighted by Gasteiger charge is -2.10. The number of carbonyl (C=O) groups excluding carboxylic acids is 2. The van der Waals surface area contributed by atoms with Crippen LogP contribution < -0.4 is 10.1 Å². The van der Waals surface area contributed by atoms with Crippen molar-refractivity contribution in [2.45, 2.75) is 19.8 Å². The summed E-state index contributed by atoms with van der Waals surface area (Å²) in [5, 5.41) is 2.83. The van der Waals surface area contributed by atoms with Gasteiger partial charge in [0.25, 0.3) is 0 Å². The number of carbonyl (C=O) groups is 2. The molecule has 0 unspecified atom stereocenters. The number of methoxy groups -OCH3 is 1. The maximum atomic E-state index is 12.0. The van der Waals surface area contributed by atoms with E-state index in [0.29, 0.717) is 30.7 Å². The van der Waals surface area contributed by atoms with E-state index in [9.17, 15) is 9.59 Å². The molecule has 2 aromatic carbocycles. The molecule has 0 heterocycles. The Kier molecular flexibility index (Phi) is 6.37. The van der Waals surface area contributed by atoms with Crippen molar-refractivity contribution in [2.75, 3.05) is 19.0 Å². The van der Waals surface area contributed by atoms with Crippen molar-refractivity contribution < 1.29 is 19.1 Å². The van der Waals surface area contributed by atoms with E-state index in [-0.39, 0.29) is 5.91 Å². The second-order valence-electron chi connectivity index (χ2n) is 5.33. The maximum absolute atomic E-state index is 12.0. The van der Waals surface area contributed by atoms with Gasteiger partial charge in [-0.1, -0.05) is 24.3 Å². The molecule has 5 heteroatoms. The Hall–Kier alpha value is -2.82. The second-order valence-corrected chi connectivity index (χ2v) is 5.33. The molecule has 0 fully saturated rings. The molecule has 1 amide bonds. The molecule has 2 rings (SSSR count). The van der Waals surface area contributed by atoms with Crippen molar-refractivity contribution in [3.8, 4) is 5.75 Å². The topological polar surface area (TPSA) is 64.6 Å². The molecule has 126 valence electrons. The lowest BCUT2D eigenvalue weighted by atomic mass is 10.1. The number of hydrogen-bond acceptors (Lipinski definition) is 4. The highest BCUT2D eigenvalue weighted by molar-refractivity contribution is 5.95. The van der Waals surface area contributed by atoms with E-state index < -0.39 is 5.97 Å². The molecule has 0 aliphatic rings. The number of rotatable bonds is 7. The van der Waals surface area contributed by atoms with Crippen LogP contribution in [0.2, 0.25) is 0 Å². The summed E-state index contributed by atoms with van der Waals surface area (Å²) in [6.45, 7) is 2.34. The molecule has 24 heavy (non-hydrogen) atoms. The van der Waals surface area contributed by atoms with E-state index in [1.807, 2.05) is 37.3 Å². The first-order valence-corrected chi connectivity index (χ1v) is 7.77. The minimum atomic E-state index is -0.429. The molecule has 0 aliphatic heterocycles. The predicted molar refractivity (Wildman–Crippen MR) is 92.3 cm³/mol. The first-order valence-electron chi connectivity index (χ1n) is 7.77. The Morgan fingerprint density at radius 3 is 2.54 bits per heavy atom. The molecular weight excluding hydrogens is 306 g/mol. The van der Waals surface area contributed by atoms with Gasteiger partial charge in [0.15, 0.2) is 0 Å². The quantitative estimate of drug-likeness (QED) is 0.623.